The Balaban J connectivity index is 1.69. The van der Waals surface area contributed by atoms with Crippen LogP contribution in [0.25, 0.3) is 11.4 Å². The van der Waals surface area contributed by atoms with Crippen LogP contribution < -0.4 is 4.74 Å². The van der Waals surface area contributed by atoms with Crippen LogP contribution in [0.2, 0.25) is 0 Å². The summed E-state index contributed by atoms with van der Waals surface area (Å²) in [6.07, 6.45) is 0. The molecule has 0 aliphatic heterocycles. The lowest BCUT2D eigenvalue weighted by atomic mass is 10.1. The first-order valence-electron chi connectivity index (χ1n) is 6.84. The number of ether oxygens (including phenoxy) is 2. The monoisotopic (exact) mass is 330 g/mol. The minimum atomic E-state index is -0.499. The zero-order valence-corrected chi connectivity index (χ0v) is 13.4. The molecule has 7 heteroatoms. The fraction of sp³-hybridized carbons (Fsp3) is 0.188. The molecule has 0 spiro atoms. The molecule has 0 saturated carbocycles. The van der Waals surface area contributed by atoms with E-state index >= 15 is 0 Å². The van der Waals surface area contributed by atoms with E-state index in [1.807, 2.05) is 29.8 Å². The number of aromatic nitrogens is 2. The third kappa shape index (κ3) is 3.40. The van der Waals surface area contributed by atoms with Gasteiger partial charge in [-0.25, -0.2) is 4.79 Å². The van der Waals surface area contributed by atoms with Gasteiger partial charge in [0.2, 0.25) is 5.82 Å². The number of thiophene rings is 1. The van der Waals surface area contributed by atoms with E-state index in [2.05, 4.69) is 10.1 Å². The first-order valence-corrected chi connectivity index (χ1v) is 7.78. The molecule has 1 aromatic carbocycles. The average Bonchev–Trinajstić information content (AvgIpc) is 3.23. The second-order valence-corrected chi connectivity index (χ2v) is 5.58. The van der Waals surface area contributed by atoms with Gasteiger partial charge in [0.1, 0.15) is 11.3 Å². The average molecular weight is 330 g/mol. The molecule has 0 N–H and O–H groups in total. The van der Waals surface area contributed by atoms with Crippen LogP contribution in [0.1, 0.15) is 21.8 Å². The van der Waals surface area contributed by atoms with Gasteiger partial charge in [0.05, 0.1) is 7.11 Å². The van der Waals surface area contributed by atoms with Crippen molar-refractivity contribution in [2.45, 2.75) is 13.5 Å². The van der Waals surface area contributed by atoms with E-state index < -0.39 is 5.97 Å². The minimum Gasteiger partial charge on any atom is -0.496 e. The largest absolute Gasteiger partial charge is 0.496 e. The Kier molecular flexibility index (Phi) is 4.38. The Hall–Kier alpha value is -2.67. The second kappa shape index (κ2) is 6.62. The van der Waals surface area contributed by atoms with Gasteiger partial charge >= 0.3 is 5.97 Å². The van der Waals surface area contributed by atoms with Crippen LogP contribution in [-0.2, 0) is 11.3 Å². The van der Waals surface area contributed by atoms with Gasteiger partial charge in [-0.15, -0.1) is 0 Å². The number of hydrogen-bond acceptors (Lipinski definition) is 7. The van der Waals surface area contributed by atoms with Gasteiger partial charge < -0.3 is 14.0 Å². The molecule has 0 atom stereocenters. The molecule has 0 amide bonds. The highest BCUT2D eigenvalue weighted by Crippen LogP contribution is 2.22. The third-order valence-electron chi connectivity index (χ3n) is 3.15. The summed E-state index contributed by atoms with van der Waals surface area (Å²) in [6.45, 7) is 1.80. The highest BCUT2D eigenvalue weighted by Gasteiger charge is 2.16. The molecule has 2 heterocycles. The second-order valence-electron chi connectivity index (χ2n) is 4.80. The number of aryl methyl sites for hydroxylation is 1. The normalized spacial score (nSPS) is 10.5. The van der Waals surface area contributed by atoms with Crippen LogP contribution in [0, 0.1) is 6.92 Å². The van der Waals surface area contributed by atoms with Crippen molar-refractivity contribution in [3.63, 3.8) is 0 Å². The Labute approximate surface area is 136 Å². The van der Waals surface area contributed by atoms with Crippen LogP contribution in [0.3, 0.4) is 0 Å². The fourth-order valence-corrected chi connectivity index (χ4v) is 2.64. The highest BCUT2D eigenvalue weighted by atomic mass is 32.1. The van der Waals surface area contributed by atoms with Crippen LogP contribution >= 0.6 is 11.3 Å². The molecule has 0 fully saturated rings. The molecule has 23 heavy (non-hydrogen) atoms. The summed E-state index contributed by atoms with van der Waals surface area (Å²) in [6, 6.07) is 7.20. The fourth-order valence-electron chi connectivity index (χ4n) is 2.01. The van der Waals surface area contributed by atoms with Gasteiger partial charge in [-0.1, -0.05) is 16.8 Å². The first kappa shape index (κ1) is 15.2. The Morgan fingerprint density at radius 2 is 2.22 bits per heavy atom. The molecule has 118 valence electrons. The number of nitrogens with zero attached hydrogens (tertiary/aromatic N) is 2. The summed E-state index contributed by atoms with van der Waals surface area (Å²) in [7, 11) is 1.51. The molecule has 0 saturated heterocycles. The van der Waals surface area contributed by atoms with Gasteiger partial charge in [-0.3, -0.25) is 0 Å². The van der Waals surface area contributed by atoms with Crippen molar-refractivity contribution in [2.75, 3.05) is 7.11 Å². The Morgan fingerprint density at radius 1 is 1.35 bits per heavy atom. The molecule has 0 unspecified atom stereocenters. The number of carbonyl (C=O) groups is 1. The summed E-state index contributed by atoms with van der Waals surface area (Å²) < 4.78 is 15.5. The summed E-state index contributed by atoms with van der Waals surface area (Å²) >= 11 is 1.54. The third-order valence-corrected chi connectivity index (χ3v) is 3.83. The van der Waals surface area contributed by atoms with Gasteiger partial charge in [-0.2, -0.15) is 16.3 Å². The Bertz CT molecular complexity index is 811. The van der Waals surface area contributed by atoms with Gasteiger partial charge in [0, 0.05) is 10.9 Å². The zero-order valence-electron chi connectivity index (χ0n) is 12.6. The maximum atomic E-state index is 12.2. The standard InChI is InChI=1S/C16H14N2O4S/c1-10-3-4-13(20-2)12(7-10)16(19)21-8-14-17-15(18-22-14)11-5-6-23-9-11/h3-7,9H,8H2,1-2H3. The number of carbonyl (C=O) groups excluding carboxylic acids is 1. The molecule has 3 aromatic rings. The number of methoxy groups -OCH3 is 1. The van der Waals surface area contributed by atoms with Crippen molar-refractivity contribution in [1.82, 2.24) is 10.1 Å². The van der Waals surface area contributed by atoms with E-state index in [1.54, 1.807) is 23.5 Å². The van der Waals surface area contributed by atoms with Crippen molar-refractivity contribution < 1.29 is 18.8 Å². The topological polar surface area (TPSA) is 74.5 Å². The van der Waals surface area contributed by atoms with E-state index in [-0.39, 0.29) is 12.5 Å². The minimum absolute atomic E-state index is 0.0902. The van der Waals surface area contributed by atoms with Crippen molar-refractivity contribution in [2.24, 2.45) is 0 Å². The number of esters is 1. The van der Waals surface area contributed by atoms with Crippen LogP contribution in [0.15, 0.2) is 39.5 Å². The molecule has 0 radical (unpaired) electrons. The molecular weight excluding hydrogens is 316 g/mol. The van der Waals surface area contributed by atoms with Gasteiger partial charge in [0.15, 0.2) is 6.61 Å². The van der Waals surface area contributed by atoms with Gasteiger partial charge in [0.25, 0.3) is 5.89 Å². The Morgan fingerprint density at radius 3 is 2.96 bits per heavy atom. The summed E-state index contributed by atoms with van der Waals surface area (Å²) in [5.74, 6) is 0.683. The smallest absolute Gasteiger partial charge is 0.342 e. The molecule has 0 bridgehead atoms. The summed E-state index contributed by atoms with van der Waals surface area (Å²) in [5, 5.41) is 7.70. The summed E-state index contributed by atoms with van der Waals surface area (Å²) in [5.41, 5.74) is 2.18. The van der Waals surface area contributed by atoms with Crippen LogP contribution in [-0.4, -0.2) is 23.2 Å². The molecule has 0 aliphatic carbocycles. The predicted octanol–water partition coefficient (Wildman–Crippen LogP) is 3.47. The van der Waals surface area contributed by atoms with Crippen LogP contribution in [0.5, 0.6) is 5.75 Å². The lowest BCUT2D eigenvalue weighted by Gasteiger charge is -2.08. The van der Waals surface area contributed by atoms with E-state index in [9.17, 15) is 4.79 Å². The number of hydrogen-bond donors (Lipinski definition) is 0. The van der Waals surface area contributed by atoms with E-state index in [0.717, 1.165) is 11.1 Å². The quantitative estimate of drug-likeness (QED) is 0.667. The van der Waals surface area contributed by atoms with E-state index in [1.165, 1.54) is 7.11 Å². The molecule has 3 rings (SSSR count). The zero-order chi connectivity index (χ0) is 16.2. The highest BCUT2D eigenvalue weighted by molar-refractivity contribution is 7.08. The first-order chi connectivity index (χ1) is 11.2. The lowest BCUT2D eigenvalue weighted by Crippen LogP contribution is -2.07. The lowest BCUT2D eigenvalue weighted by molar-refractivity contribution is 0.0426. The molecule has 2 aromatic heterocycles. The summed E-state index contributed by atoms with van der Waals surface area (Å²) in [4.78, 5) is 16.4. The molecule has 0 aliphatic rings. The van der Waals surface area contributed by atoms with Crippen molar-refractivity contribution in [3.8, 4) is 17.1 Å². The van der Waals surface area contributed by atoms with Crippen LogP contribution in [0.4, 0.5) is 0 Å². The van der Waals surface area contributed by atoms with E-state index in [4.69, 9.17) is 14.0 Å². The van der Waals surface area contributed by atoms with Crippen molar-refractivity contribution >= 4 is 17.3 Å². The number of rotatable bonds is 5. The van der Waals surface area contributed by atoms with Crippen molar-refractivity contribution in [1.29, 1.82) is 0 Å². The van der Waals surface area contributed by atoms with Gasteiger partial charge in [-0.05, 0) is 30.5 Å². The number of benzene rings is 1. The SMILES string of the molecule is COc1ccc(C)cc1C(=O)OCc1nc(-c2ccsc2)no1. The van der Waals surface area contributed by atoms with E-state index in [0.29, 0.717) is 17.1 Å². The molecular formula is C16H14N2O4S. The van der Waals surface area contributed by atoms with Crippen molar-refractivity contribution in [3.05, 3.63) is 52.0 Å². The molecule has 6 nitrogen and oxygen atoms in total. The predicted molar refractivity (Wildman–Crippen MR) is 84.5 cm³/mol. The maximum Gasteiger partial charge on any atom is 0.342 e. The maximum absolute atomic E-state index is 12.2.